The van der Waals surface area contributed by atoms with Crippen molar-refractivity contribution in [2.75, 3.05) is 19.8 Å². The van der Waals surface area contributed by atoms with Gasteiger partial charge in [0.05, 0.1) is 25.3 Å². The first-order valence-corrected chi connectivity index (χ1v) is 12.2. The molecule has 1 aliphatic carbocycles. The van der Waals surface area contributed by atoms with E-state index in [-0.39, 0.29) is 24.1 Å². The fraction of sp³-hybridized carbons (Fsp3) is 0.233. The molecule has 5 heteroatoms. The van der Waals surface area contributed by atoms with E-state index in [0.717, 1.165) is 22.3 Å². The van der Waals surface area contributed by atoms with Crippen molar-refractivity contribution in [3.05, 3.63) is 102 Å². The lowest BCUT2D eigenvalue weighted by molar-refractivity contribution is -0.0333. The molecular formula is C30H25NO4. The molecule has 1 fully saturated rings. The van der Waals surface area contributed by atoms with E-state index in [1.165, 1.54) is 22.3 Å². The van der Waals surface area contributed by atoms with Gasteiger partial charge in [0.25, 0.3) is 0 Å². The van der Waals surface area contributed by atoms with Gasteiger partial charge in [0.1, 0.15) is 18.0 Å². The molecule has 3 heterocycles. The Balaban J connectivity index is 1.12. The van der Waals surface area contributed by atoms with Crippen molar-refractivity contribution >= 4 is 22.6 Å². The minimum atomic E-state index is -0.273. The van der Waals surface area contributed by atoms with Crippen LogP contribution < -0.4 is 0 Å². The van der Waals surface area contributed by atoms with E-state index in [0.29, 0.717) is 26.2 Å². The third-order valence-electron chi connectivity index (χ3n) is 7.49. The number of carbonyl (C=O) groups excluding carboxylic acids is 1. The van der Waals surface area contributed by atoms with Crippen molar-refractivity contribution in [3.8, 4) is 11.1 Å². The van der Waals surface area contributed by atoms with Gasteiger partial charge in [-0.25, -0.2) is 4.79 Å². The lowest BCUT2D eigenvalue weighted by Gasteiger charge is -2.43. The SMILES string of the molecule is O=C(OCC1c2ccccc2-c2ccccc21)N1C2C=C(c3cc4ccccc4o3)CC1COC2. The summed E-state index contributed by atoms with van der Waals surface area (Å²) in [5, 5.41) is 1.09. The number of nitrogens with zero attached hydrogens (tertiary/aromatic N) is 1. The highest BCUT2D eigenvalue weighted by atomic mass is 16.6. The Bertz CT molecular complexity index is 1390. The van der Waals surface area contributed by atoms with Gasteiger partial charge >= 0.3 is 6.09 Å². The van der Waals surface area contributed by atoms with Crippen molar-refractivity contribution < 1.29 is 18.7 Å². The Morgan fingerprint density at radius 1 is 0.914 bits per heavy atom. The standard InChI is InChI=1S/C30H25NO4/c32-30(34-18-27-25-10-4-2-8-23(25)24-9-3-5-11-26(24)27)31-21-13-20(14-22(31)17-33-16-21)29-15-19-7-1-6-12-28(19)35-29/h1-13,15,21-22,27H,14,16-18H2. The average molecular weight is 464 g/mol. The van der Waals surface area contributed by atoms with Crippen molar-refractivity contribution in [3.63, 3.8) is 0 Å². The maximum Gasteiger partial charge on any atom is 0.410 e. The van der Waals surface area contributed by atoms with Crippen LogP contribution in [-0.2, 0) is 9.47 Å². The van der Waals surface area contributed by atoms with Gasteiger partial charge in [-0.2, -0.15) is 0 Å². The largest absolute Gasteiger partial charge is 0.456 e. The molecule has 4 aromatic rings. The number of carbonyl (C=O) groups is 1. The maximum atomic E-state index is 13.4. The van der Waals surface area contributed by atoms with Crippen LogP contribution in [0, 0.1) is 0 Å². The topological polar surface area (TPSA) is 51.9 Å². The van der Waals surface area contributed by atoms with Crippen LogP contribution in [0.2, 0.25) is 0 Å². The van der Waals surface area contributed by atoms with E-state index in [4.69, 9.17) is 13.9 Å². The zero-order valence-corrected chi connectivity index (χ0v) is 19.2. The number of para-hydroxylation sites is 1. The number of amides is 1. The third-order valence-corrected chi connectivity index (χ3v) is 7.49. The highest BCUT2D eigenvalue weighted by Gasteiger charge is 2.40. The number of hydrogen-bond donors (Lipinski definition) is 0. The zero-order chi connectivity index (χ0) is 23.4. The molecular weight excluding hydrogens is 438 g/mol. The van der Waals surface area contributed by atoms with Gasteiger partial charge < -0.3 is 13.9 Å². The highest BCUT2D eigenvalue weighted by molar-refractivity contribution is 5.83. The second-order valence-electron chi connectivity index (χ2n) is 9.51. The van der Waals surface area contributed by atoms with Gasteiger partial charge in [-0.3, -0.25) is 4.90 Å². The summed E-state index contributed by atoms with van der Waals surface area (Å²) in [6.45, 7) is 1.28. The Labute approximate surface area is 203 Å². The van der Waals surface area contributed by atoms with Crippen LogP contribution in [-0.4, -0.2) is 42.9 Å². The smallest absolute Gasteiger partial charge is 0.410 e. The van der Waals surface area contributed by atoms with Gasteiger partial charge in [-0.05, 0) is 46.4 Å². The summed E-state index contributed by atoms with van der Waals surface area (Å²) in [7, 11) is 0. The second-order valence-corrected chi connectivity index (χ2v) is 9.51. The van der Waals surface area contributed by atoms with E-state index in [2.05, 4.69) is 66.7 Å². The predicted molar refractivity (Wildman–Crippen MR) is 134 cm³/mol. The Kier molecular flexibility index (Phi) is 4.77. The van der Waals surface area contributed by atoms with Crippen LogP contribution in [0.1, 0.15) is 29.2 Å². The van der Waals surface area contributed by atoms with Crippen molar-refractivity contribution in [1.82, 2.24) is 4.90 Å². The number of hydrogen-bond acceptors (Lipinski definition) is 4. The molecule has 35 heavy (non-hydrogen) atoms. The summed E-state index contributed by atoms with van der Waals surface area (Å²) >= 11 is 0. The minimum Gasteiger partial charge on any atom is -0.456 e. The third kappa shape index (κ3) is 3.38. The lowest BCUT2D eigenvalue weighted by atomic mass is 9.93. The molecule has 2 bridgehead atoms. The molecule has 2 aliphatic heterocycles. The van der Waals surface area contributed by atoms with E-state index in [9.17, 15) is 4.79 Å². The molecule has 3 aromatic carbocycles. The number of morpholine rings is 1. The second kappa shape index (κ2) is 8.14. The summed E-state index contributed by atoms with van der Waals surface area (Å²) < 4.78 is 17.9. The molecule has 5 nitrogen and oxygen atoms in total. The van der Waals surface area contributed by atoms with Crippen LogP contribution in [0.25, 0.3) is 27.7 Å². The number of ether oxygens (including phenoxy) is 2. The fourth-order valence-corrected chi connectivity index (χ4v) is 5.87. The van der Waals surface area contributed by atoms with Gasteiger partial charge in [-0.1, -0.05) is 72.8 Å². The normalized spacial score (nSPS) is 20.9. The van der Waals surface area contributed by atoms with E-state index < -0.39 is 0 Å². The van der Waals surface area contributed by atoms with Crippen LogP contribution in [0.4, 0.5) is 4.79 Å². The summed E-state index contributed by atoms with van der Waals surface area (Å²) in [5.41, 5.74) is 6.90. The van der Waals surface area contributed by atoms with Crippen molar-refractivity contribution in [1.29, 1.82) is 0 Å². The Morgan fingerprint density at radius 2 is 1.63 bits per heavy atom. The molecule has 174 valence electrons. The zero-order valence-electron chi connectivity index (χ0n) is 19.2. The average Bonchev–Trinajstić information content (AvgIpc) is 3.46. The van der Waals surface area contributed by atoms with E-state index >= 15 is 0 Å². The summed E-state index contributed by atoms with van der Waals surface area (Å²) in [6.07, 6.45) is 2.51. The molecule has 0 saturated carbocycles. The first kappa shape index (κ1) is 20.5. The molecule has 0 spiro atoms. The number of furan rings is 1. The van der Waals surface area contributed by atoms with Crippen LogP contribution in [0.3, 0.4) is 0 Å². The molecule has 0 N–H and O–H groups in total. The van der Waals surface area contributed by atoms with E-state index in [1.54, 1.807) is 0 Å². The molecule has 2 atom stereocenters. The van der Waals surface area contributed by atoms with Crippen molar-refractivity contribution in [2.45, 2.75) is 24.4 Å². The fourth-order valence-electron chi connectivity index (χ4n) is 5.87. The number of rotatable bonds is 3. The summed E-state index contributed by atoms with van der Waals surface area (Å²) in [5.74, 6) is 0.921. The number of benzene rings is 3. The van der Waals surface area contributed by atoms with Crippen LogP contribution in [0.15, 0.2) is 89.4 Å². The minimum absolute atomic E-state index is 0.0499. The van der Waals surface area contributed by atoms with Gasteiger partial charge in [-0.15, -0.1) is 0 Å². The van der Waals surface area contributed by atoms with Gasteiger partial charge in [0.2, 0.25) is 0 Å². The predicted octanol–water partition coefficient (Wildman–Crippen LogP) is 6.24. The Morgan fingerprint density at radius 3 is 2.37 bits per heavy atom. The Hall–Kier alpha value is -3.83. The molecule has 1 amide bonds. The first-order valence-electron chi connectivity index (χ1n) is 12.2. The van der Waals surface area contributed by atoms with Crippen LogP contribution >= 0.6 is 0 Å². The molecule has 1 aromatic heterocycles. The molecule has 2 unspecified atom stereocenters. The van der Waals surface area contributed by atoms with E-state index in [1.807, 2.05) is 23.1 Å². The quantitative estimate of drug-likeness (QED) is 0.361. The molecule has 1 saturated heterocycles. The first-order chi connectivity index (χ1) is 17.3. The summed E-state index contributed by atoms with van der Waals surface area (Å²) in [4.78, 5) is 15.2. The van der Waals surface area contributed by atoms with Gasteiger partial charge in [0.15, 0.2) is 0 Å². The van der Waals surface area contributed by atoms with Crippen LogP contribution in [0.5, 0.6) is 0 Å². The molecule has 3 aliphatic rings. The monoisotopic (exact) mass is 463 g/mol. The molecule has 7 rings (SSSR count). The van der Waals surface area contributed by atoms with Gasteiger partial charge in [0, 0.05) is 11.3 Å². The number of fused-ring (bicyclic) bond motifs is 6. The lowest BCUT2D eigenvalue weighted by Crippen LogP contribution is -2.56. The highest BCUT2D eigenvalue weighted by Crippen LogP contribution is 2.44. The maximum absolute atomic E-state index is 13.4. The summed E-state index contributed by atoms with van der Waals surface area (Å²) in [6, 6.07) is 26.7. The van der Waals surface area contributed by atoms with Crippen molar-refractivity contribution in [2.24, 2.45) is 0 Å². The molecule has 0 radical (unpaired) electrons.